The van der Waals surface area contributed by atoms with Crippen LogP contribution in [0.15, 0.2) is 52.4 Å². The van der Waals surface area contributed by atoms with Gasteiger partial charge in [-0.2, -0.15) is 0 Å². The van der Waals surface area contributed by atoms with Crippen molar-refractivity contribution in [2.75, 3.05) is 14.1 Å². The quantitative estimate of drug-likeness (QED) is 0.525. The topological polar surface area (TPSA) is 82.6 Å². The molecule has 0 aliphatic heterocycles. The third kappa shape index (κ3) is 5.24. The molecular formula is C17H20F2N4O2S. The van der Waals surface area contributed by atoms with E-state index in [0.29, 0.717) is 12.5 Å². The van der Waals surface area contributed by atoms with Crippen molar-refractivity contribution < 1.29 is 17.2 Å². The SMILES string of the molecule is CN=C(NCc1cccc(S(=O)(=O)NC)c1)NCc1cc(F)ccc1F. The predicted molar refractivity (Wildman–Crippen MR) is 96.1 cm³/mol. The second-order valence-electron chi connectivity index (χ2n) is 5.37. The Balaban J connectivity index is 1.99. The average molecular weight is 382 g/mol. The number of rotatable bonds is 6. The zero-order valence-corrected chi connectivity index (χ0v) is 15.2. The Morgan fingerprint density at radius 2 is 1.81 bits per heavy atom. The highest BCUT2D eigenvalue weighted by molar-refractivity contribution is 7.89. The Kier molecular flexibility index (Phi) is 6.64. The van der Waals surface area contributed by atoms with E-state index < -0.39 is 21.7 Å². The Bertz CT molecular complexity index is 901. The summed E-state index contributed by atoms with van der Waals surface area (Å²) < 4.78 is 52.8. The van der Waals surface area contributed by atoms with Gasteiger partial charge in [0.1, 0.15) is 11.6 Å². The lowest BCUT2D eigenvalue weighted by molar-refractivity contribution is 0.581. The molecule has 0 saturated heterocycles. The summed E-state index contributed by atoms with van der Waals surface area (Å²) in [7, 11) is -0.635. The fourth-order valence-electron chi connectivity index (χ4n) is 2.20. The lowest BCUT2D eigenvalue weighted by Crippen LogP contribution is -2.36. The summed E-state index contributed by atoms with van der Waals surface area (Å²) in [6.45, 7) is 0.357. The second-order valence-corrected chi connectivity index (χ2v) is 7.26. The molecule has 9 heteroatoms. The van der Waals surface area contributed by atoms with E-state index in [1.807, 2.05) is 0 Å². The number of aliphatic imine (C=N–C) groups is 1. The molecule has 140 valence electrons. The predicted octanol–water partition coefficient (Wildman–Crippen LogP) is 1.74. The van der Waals surface area contributed by atoms with E-state index in [-0.39, 0.29) is 17.0 Å². The first-order valence-corrected chi connectivity index (χ1v) is 9.25. The van der Waals surface area contributed by atoms with Gasteiger partial charge in [0.2, 0.25) is 10.0 Å². The highest BCUT2D eigenvalue weighted by Gasteiger charge is 2.11. The van der Waals surface area contributed by atoms with Gasteiger partial charge in [-0.25, -0.2) is 21.9 Å². The number of sulfonamides is 1. The van der Waals surface area contributed by atoms with Crippen LogP contribution in [0.2, 0.25) is 0 Å². The van der Waals surface area contributed by atoms with E-state index in [1.165, 1.54) is 13.1 Å². The van der Waals surface area contributed by atoms with Crippen LogP contribution in [0.5, 0.6) is 0 Å². The maximum absolute atomic E-state index is 13.6. The first-order chi connectivity index (χ1) is 12.4. The van der Waals surface area contributed by atoms with Crippen molar-refractivity contribution in [3.05, 3.63) is 65.2 Å². The zero-order valence-electron chi connectivity index (χ0n) is 14.4. The average Bonchev–Trinajstić information content (AvgIpc) is 2.64. The summed E-state index contributed by atoms with van der Waals surface area (Å²) in [6, 6.07) is 9.67. The van der Waals surface area contributed by atoms with E-state index >= 15 is 0 Å². The monoisotopic (exact) mass is 382 g/mol. The molecule has 2 aromatic rings. The molecule has 0 aliphatic carbocycles. The molecule has 0 saturated carbocycles. The van der Waals surface area contributed by atoms with Crippen molar-refractivity contribution >= 4 is 16.0 Å². The number of hydrogen-bond acceptors (Lipinski definition) is 3. The molecule has 26 heavy (non-hydrogen) atoms. The number of nitrogens with zero attached hydrogens (tertiary/aromatic N) is 1. The summed E-state index contributed by atoms with van der Waals surface area (Å²) in [5.41, 5.74) is 0.899. The summed E-state index contributed by atoms with van der Waals surface area (Å²) in [4.78, 5) is 4.16. The van der Waals surface area contributed by atoms with Crippen LogP contribution in [0.1, 0.15) is 11.1 Å². The molecular weight excluding hydrogens is 362 g/mol. The van der Waals surface area contributed by atoms with Gasteiger partial charge in [-0.3, -0.25) is 4.99 Å². The van der Waals surface area contributed by atoms with Crippen LogP contribution in [0, 0.1) is 11.6 Å². The van der Waals surface area contributed by atoms with Crippen LogP contribution in [-0.2, 0) is 23.1 Å². The maximum atomic E-state index is 13.6. The molecule has 6 nitrogen and oxygen atoms in total. The number of halogens is 2. The number of nitrogens with one attached hydrogen (secondary N) is 3. The smallest absolute Gasteiger partial charge is 0.240 e. The van der Waals surface area contributed by atoms with Gasteiger partial charge in [0, 0.05) is 25.7 Å². The Labute approximate surface area is 151 Å². The van der Waals surface area contributed by atoms with Crippen LogP contribution >= 0.6 is 0 Å². The number of benzene rings is 2. The van der Waals surface area contributed by atoms with Crippen LogP contribution in [0.3, 0.4) is 0 Å². The summed E-state index contributed by atoms with van der Waals surface area (Å²) in [5, 5.41) is 5.88. The fourth-order valence-corrected chi connectivity index (χ4v) is 3.00. The van der Waals surface area contributed by atoms with Crippen molar-refractivity contribution in [2.45, 2.75) is 18.0 Å². The molecule has 0 radical (unpaired) electrons. The van der Waals surface area contributed by atoms with Crippen LogP contribution < -0.4 is 15.4 Å². The van der Waals surface area contributed by atoms with E-state index in [4.69, 9.17) is 0 Å². The van der Waals surface area contributed by atoms with Crippen LogP contribution in [0.25, 0.3) is 0 Å². The van der Waals surface area contributed by atoms with Gasteiger partial charge in [-0.1, -0.05) is 12.1 Å². The first-order valence-electron chi connectivity index (χ1n) is 7.76. The van der Waals surface area contributed by atoms with Gasteiger partial charge >= 0.3 is 0 Å². The van der Waals surface area contributed by atoms with Gasteiger partial charge in [0.15, 0.2) is 5.96 Å². The van der Waals surface area contributed by atoms with Crippen molar-refractivity contribution in [3.63, 3.8) is 0 Å². The molecule has 2 aromatic carbocycles. The van der Waals surface area contributed by atoms with E-state index in [9.17, 15) is 17.2 Å². The standard InChI is InChI=1S/C17H20F2N4O2S/c1-20-17(23-11-13-9-14(18)6-7-16(13)19)22-10-12-4-3-5-15(8-12)26(24,25)21-2/h3-9,21H,10-11H2,1-2H3,(H2,20,22,23). The van der Waals surface area contributed by atoms with Gasteiger partial charge in [0.05, 0.1) is 4.90 Å². The molecule has 0 unspecified atom stereocenters. The second kappa shape index (κ2) is 8.72. The van der Waals surface area contributed by atoms with E-state index in [0.717, 1.165) is 23.8 Å². The van der Waals surface area contributed by atoms with Crippen LogP contribution in [-0.4, -0.2) is 28.5 Å². The molecule has 0 bridgehead atoms. The molecule has 0 atom stereocenters. The van der Waals surface area contributed by atoms with Gasteiger partial charge < -0.3 is 10.6 Å². The molecule has 0 spiro atoms. The van der Waals surface area contributed by atoms with Crippen molar-refractivity contribution in [1.82, 2.24) is 15.4 Å². The van der Waals surface area contributed by atoms with Gasteiger partial charge in [0.25, 0.3) is 0 Å². The number of hydrogen-bond donors (Lipinski definition) is 3. The zero-order chi connectivity index (χ0) is 19.2. The normalized spacial score (nSPS) is 12.1. The lowest BCUT2D eigenvalue weighted by atomic mass is 10.2. The third-order valence-corrected chi connectivity index (χ3v) is 5.03. The minimum atomic E-state index is -3.52. The Morgan fingerprint density at radius 1 is 1.08 bits per heavy atom. The molecule has 0 aliphatic rings. The van der Waals surface area contributed by atoms with E-state index in [1.54, 1.807) is 25.2 Å². The summed E-state index contributed by atoms with van der Waals surface area (Å²) >= 11 is 0. The minimum Gasteiger partial charge on any atom is -0.352 e. The third-order valence-electron chi connectivity index (χ3n) is 3.62. The summed E-state index contributed by atoms with van der Waals surface area (Å²) in [6.07, 6.45) is 0. The molecule has 0 amide bonds. The highest BCUT2D eigenvalue weighted by Crippen LogP contribution is 2.11. The number of guanidine groups is 1. The Hall–Kier alpha value is -2.52. The molecule has 0 fully saturated rings. The maximum Gasteiger partial charge on any atom is 0.240 e. The minimum absolute atomic E-state index is 0.0530. The fraction of sp³-hybridized carbons (Fsp3) is 0.235. The van der Waals surface area contributed by atoms with Crippen LogP contribution in [0.4, 0.5) is 8.78 Å². The highest BCUT2D eigenvalue weighted by atomic mass is 32.2. The molecule has 2 rings (SSSR count). The lowest BCUT2D eigenvalue weighted by Gasteiger charge is -2.13. The van der Waals surface area contributed by atoms with Gasteiger partial charge in [-0.05, 0) is 42.9 Å². The Morgan fingerprint density at radius 3 is 2.50 bits per heavy atom. The van der Waals surface area contributed by atoms with Gasteiger partial charge in [-0.15, -0.1) is 0 Å². The van der Waals surface area contributed by atoms with Crippen molar-refractivity contribution in [1.29, 1.82) is 0 Å². The van der Waals surface area contributed by atoms with Crippen molar-refractivity contribution in [2.24, 2.45) is 4.99 Å². The first kappa shape index (κ1) is 19.8. The largest absolute Gasteiger partial charge is 0.352 e. The summed E-state index contributed by atoms with van der Waals surface area (Å²) in [5.74, 6) is -0.663. The molecule has 0 aromatic heterocycles. The van der Waals surface area contributed by atoms with Crippen molar-refractivity contribution in [3.8, 4) is 0 Å². The molecule has 3 N–H and O–H groups in total. The van der Waals surface area contributed by atoms with E-state index in [2.05, 4.69) is 20.3 Å². The molecule has 0 heterocycles.